The van der Waals surface area contributed by atoms with Crippen molar-refractivity contribution in [1.82, 2.24) is 9.88 Å². The predicted octanol–water partition coefficient (Wildman–Crippen LogP) is 5.62. The van der Waals surface area contributed by atoms with Gasteiger partial charge in [0.05, 0.1) is 41.4 Å². The summed E-state index contributed by atoms with van der Waals surface area (Å²) in [5.74, 6) is 0.537. The van der Waals surface area contributed by atoms with Crippen molar-refractivity contribution in [3.05, 3.63) is 71.6 Å². The second-order valence-electron chi connectivity index (χ2n) is 11.9. The summed E-state index contributed by atoms with van der Waals surface area (Å²) in [5, 5.41) is 0.779. The van der Waals surface area contributed by atoms with Crippen LogP contribution in [0.2, 0.25) is 5.02 Å². The average Bonchev–Trinajstić information content (AvgIpc) is 3.92. The number of nitrogens with zero attached hydrogens (tertiary/aromatic N) is 3. The Balaban J connectivity index is 1.16. The maximum atomic E-state index is 13.8. The van der Waals surface area contributed by atoms with Gasteiger partial charge in [0, 0.05) is 37.6 Å². The largest absolute Gasteiger partial charge is 0.489 e. The number of halogens is 2. The second kappa shape index (κ2) is 13.5. The summed E-state index contributed by atoms with van der Waals surface area (Å²) >= 11 is 6.76. The standard InChI is InChI=1S/C35H34ClFN4O7/c36-25-20-24(41(23-4-2-22(37)3-5-23)34(43)35(9-10-35)33(38)42)6-7-27(25)48-28-8-11-39-26-21-29(31-32(30(26)28)47-19-18-46-31)45-15-1-12-40-13-16-44-17-14-40/h2-8,11,20-21H,1,9-10,12-19H2,(H2,38,42). The molecule has 3 heterocycles. The van der Waals surface area contributed by atoms with Crippen molar-refractivity contribution in [1.29, 1.82) is 0 Å². The monoisotopic (exact) mass is 676 g/mol. The number of aromatic nitrogens is 1. The number of morpholine rings is 1. The van der Waals surface area contributed by atoms with Gasteiger partial charge in [-0.2, -0.15) is 0 Å². The van der Waals surface area contributed by atoms with Crippen LogP contribution in [0.25, 0.3) is 10.9 Å². The maximum Gasteiger partial charge on any atom is 0.247 e. The quantitative estimate of drug-likeness (QED) is 0.159. The molecular weight excluding hydrogens is 643 g/mol. The highest BCUT2D eigenvalue weighted by Crippen LogP contribution is 2.51. The minimum absolute atomic E-state index is 0.188. The van der Waals surface area contributed by atoms with Crippen LogP contribution >= 0.6 is 11.6 Å². The third kappa shape index (κ3) is 6.30. The molecule has 2 aliphatic heterocycles. The van der Waals surface area contributed by atoms with Crippen molar-refractivity contribution >= 4 is 45.7 Å². The Morgan fingerprint density at radius 3 is 2.38 bits per heavy atom. The number of hydrogen-bond donors (Lipinski definition) is 1. The van der Waals surface area contributed by atoms with Crippen LogP contribution in [-0.4, -0.2) is 74.4 Å². The fraction of sp³-hybridized carbons (Fsp3) is 0.343. The van der Waals surface area contributed by atoms with E-state index in [1.807, 2.05) is 6.07 Å². The third-order valence-electron chi connectivity index (χ3n) is 8.74. The molecule has 13 heteroatoms. The summed E-state index contributed by atoms with van der Waals surface area (Å²) in [6, 6.07) is 13.7. The normalized spacial score (nSPS) is 16.7. The van der Waals surface area contributed by atoms with Crippen molar-refractivity contribution in [3.8, 4) is 28.7 Å². The first-order chi connectivity index (χ1) is 23.3. The van der Waals surface area contributed by atoms with Gasteiger partial charge in [0.2, 0.25) is 17.6 Å². The summed E-state index contributed by atoms with van der Waals surface area (Å²) < 4.78 is 43.8. The van der Waals surface area contributed by atoms with Gasteiger partial charge in [-0.05, 0) is 67.8 Å². The fourth-order valence-electron chi connectivity index (χ4n) is 5.97. The summed E-state index contributed by atoms with van der Waals surface area (Å²) in [4.78, 5) is 34.2. The molecule has 3 aliphatic rings. The number of pyridine rings is 1. The lowest BCUT2D eigenvalue weighted by Gasteiger charge is -2.27. The molecule has 48 heavy (non-hydrogen) atoms. The van der Waals surface area contributed by atoms with E-state index in [-0.39, 0.29) is 5.02 Å². The molecule has 0 radical (unpaired) electrons. The van der Waals surface area contributed by atoms with E-state index in [2.05, 4.69) is 9.88 Å². The summed E-state index contributed by atoms with van der Waals surface area (Å²) in [6.45, 7) is 5.45. The topological polar surface area (TPSA) is 126 Å². The molecule has 250 valence electrons. The van der Waals surface area contributed by atoms with Crippen LogP contribution in [0.4, 0.5) is 15.8 Å². The minimum atomic E-state index is -1.32. The lowest BCUT2D eigenvalue weighted by molar-refractivity contribution is -0.133. The molecule has 11 nitrogen and oxygen atoms in total. The van der Waals surface area contributed by atoms with Gasteiger partial charge >= 0.3 is 0 Å². The molecule has 2 fully saturated rings. The highest BCUT2D eigenvalue weighted by Gasteiger charge is 2.57. The smallest absolute Gasteiger partial charge is 0.247 e. The second-order valence-corrected chi connectivity index (χ2v) is 12.3. The van der Waals surface area contributed by atoms with Gasteiger partial charge < -0.3 is 29.4 Å². The number of rotatable bonds is 11. The molecule has 1 aromatic heterocycles. The van der Waals surface area contributed by atoms with Crippen LogP contribution < -0.4 is 29.6 Å². The van der Waals surface area contributed by atoms with Crippen molar-refractivity contribution in [2.75, 3.05) is 57.6 Å². The first-order valence-corrected chi connectivity index (χ1v) is 16.2. The van der Waals surface area contributed by atoms with E-state index in [1.165, 1.54) is 29.2 Å². The SMILES string of the molecule is NC(=O)C1(C(=O)N(c2ccc(F)cc2)c2ccc(Oc3ccnc4cc(OCCCN5CCOCC5)c5c(c34)OCCO5)c(Cl)c2)CC1. The summed E-state index contributed by atoms with van der Waals surface area (Å²) in [5.41, 5.74) is 5.61. The van der Waals surface area contributed by atoms with Crippen LogP contribution in [0.15, 0.2) is 60.8 Å². The van der Waals surface area contributed by atoms with Crippen LogP contribution in [-0.2, 0) is 14.3 Å². The number of amides is 2. The van der Waals surface area contributed by atoms with Crippen molar-refractivity contribution in [2.24, 2.45) is 11.1 Å². The number of primary amides is 1. The Labute approximate surface area is 281 Å². The number of fused-ring (bicyclic) bond motifs is 3. The zero-order valence-corrected chi connectivity index (χ0v) is 26.8. The van der Waals surface area contributed by atoms with Gasteiger partial charge in [0.15, 0.2) is 11.5 Å². The first-order valence-electron chi connectivity index (χ1n) is 15.9. The molecule has 0 unspecified atom stereocenters. The molecular formula is C35H34ClFN4O7. The molecule has 1 saturated carbocycles. The molecule has 0 spiro atoms. The van der Waals surface area contributed by atoms with Crippen molar-refractivity contribution < 1.29 is 37.7 Å². The van der Waals surface area contributed by atoms with E-state index >= 15 is 0 Å². The molecule has 0 atom stereocenters. The summed E-state index contributed by atoms with van der Waals surface area (Å²) in [7, 11) is 0. The molecule has 2 amide bonds. The number of benzene rings is 3. The van der Waals surface area contributed by atoms with Gasteiger partial charge in [0.25, 0.3) is 0 Å². The van der Waals surface area contributed by atoms with Crippen LogP contribution in [0.1, 0.15) is 19.3 Å². The molecule has 0 bridgehead atoms. The zero-order chi connectivity index (χ0) is 33.3. The highest BCUT2D eigenvalue weighted by molar-refractivity contribution is 6.32. The number of ether oxygens (including phenoxy) is 5. The van der Waals surface area contributed by atoms with Gasteiger partial charge in [-0.3, -0.25) is 24.4 Å². The van der Waals surface area contributed by atoms with Crippen LogP contribution in [0, 0.1) is 11.2 Å². The average molecular weight is 677 g/mol. The predicted molar refractivity (Wildman–Crippen MR) is 176 cm³/mol. The van der Waals surface area contributed by atoms with E-state index in [4.69, 9.17) is 41.0 Å². The van der Waals surface area contributed by atoms with E-state index in [0.29, 0.717) is 83.7 Å². The minimum Gasteiger partial charge on any atom is -0.489 e. The number of carbonyl (C=O) groups is 2. The number of anilines is 2. The fourth-order valence-corrected chi connectivity index (χ4v) is 6.18. The lowest BCUT2D eigenvalue weighted by atomic mass is 10.0. The Hall–Kier alpha value is -4.65. The van der Waals surface area contributed by atoms with Gasteiger partial charge in [-0.25, -0.2) is 4.39 Å². The van der Waals surface area contributed by atoms with E-state index in [0.717, 1.165) is 39.3 Å². The van der Waals surface area contributed by atoms with Gasteiger partial charge in [-0.15, -0.1) is 0 Å². The Kier molecular flexibility index (Phi) is 8.95. The molecule has 7 rings (SSSR count). The highest BCUT2D eigenvalue weighted by atomic mass is 35.5. The van der Waals surface area contributed by atoms with E-state index in [1.54, 1.807) is 30.5 Å². The Bertz CT molecular complexity index is 1850. The van der Waals surface area contributed by atoms with Crippen molar-refractivity contribution in [3.63, 3.8) is 0 Å². The molecule has 2 N–H and O–H groups in total. The van der Waals surface area contributed by atoms with Crippen LogP contribution in [0.3, 0.4) is 0 Å². The van der Waals surface area contributed by atoms with Gasteiger partial charge in [0.1, 0.15) is 35.9 Å². The lowest BCUT2D eigenvalue weighted by Crippen LogP contribution is -2.41. The molecule has 1 aliphatic carbocycles. The number of hydrogen-bond acceptors (Lipinski definition) is 9. The third-order valence-corrected chi connectivity index (χ3v) is 9.03. The Morgan fingerprint density at radius 1 is 0.938 bits per heavy atom. The molecule has 1 saturated heterocycles. The van der Waals surface area contributed by atoms with E-state index < -0.39 is 23.0 Å². The van der Waals surface area contributed by atoms with Gasteiger partial charge in [-0.1, -0.05) is 11.6 Å². The van der Waals surface area contributed by atoms with E-state index in [9.17, 15) is 14.0 Å². The van der Waals surface area contributed by atoms with Crippen molar-refractivity contribution in [2.45, 2.75) is 19.3 Å². The number of nitrogens with two attached hydrogens (primary N) is 1. The summed E-state index contributed by atoms with van der Waals surface area (Å²) in [6.07, 6.45) is 3.12. The molecule has 4 aromatic rings. The molecule has 3 aromatic carbocycles. The first kappa shape index (κ1) is 31.9. The zero-order valence-electron chi connectivity index (χ0n) is 26.1. The number of carbonyl (C=O) groups excluding carboxylic acids is 2. The van der Waals surface area contributed by atoms with Crippen LogP contribution in [0.5, 0.6) is 28.7 Å². The Morgan fingerprint density at radius 2 is 1.67 bits per heavy atom. The maximum absolute atomic E-state index is 13.8.